The van der Waals surface area contributed by atoms with Gasteiger partial charge in [-0.15, -0.1) is 0 Å². The molecule has 0 spiro atoms. The fraction of sp³-hybridized carbons (Fsp3) is 0.944. The first kappa shape index (κ1) is 20.2. The van der Waals surface area contributed by atoms with E-state index in [1.54, 1.807) is 0 Å². The van der Waals surface area contributed by atoms with E-state index >= 15 is 0 Å². The van der Waals surface area contributed by atoms with Crippen molar-refractivity contribution in [3.63, 3.8) is 0 Å². The van der Waals surface area contributed by atoms with E-state index in [0.717, 1.165) is 51.9 Å². The van der Waals surface area contributed by atoms with Gasteiger partial charge in [-0.1, -0.05) is 13.8 Å². The highest BCUT2D eigenvalue weighted by Crippen LogP contribution is 2.22. The Morgan fingerprint density at radius 2 is 2.00 bits per heavy atom. The Balaban J connectivity index is 2.34. The molecule has 0 radical (unpaired) electrons. The number of aliphatic hydroxyl groups is 1. The van der Waals surface area contributed by atoms with Gasteiger partial charge in [0.25, 0.3) is 0 Å². The number of carbonyl (C=O) groups excluding carboxylic acids is 1. The van der Waals surface area contributed by atoms with Crippen LogP contribution in [0.5, 0.6) is 0 Å². The van der Waals surface area contributed by atoms with Crippen LogP contribution < -0.4 is 5.32 Å². The topological polar surface area (TPSA) is 61.8 Å². The van der Waals surface area contributed by atoms with Gasteiger partial charge in [-0.05, 0) is 64.3 Å². The lowest BCUT2D eigenvalue weighted by Crippen LogP contribution is -2.45. The SMILES string of the molecule is CC(C)(CCCO)CNCC1CCCN(C(=O)OC(C)(C)C)C1. The Kier molecular flexibility index (Phi) is 7.81. The molecule has 0 aliphatic carbocycles. The van der Waals surface area contributed by atoms with E-state index in [2.05, 4.69) is 19.2 Å². The van der Waals surface area contributed by atoms with E-state index in [4.69, 9.17) is 9.84 Å². The third-order valence-corrected chi connectivity index (χ3v) is 4.22. The molecule has 1 heterocycles. The van der Waals surface area contributed by atoms with Crippen LogP contribution in [-0.2, 0) is 4.74 Å². The molecule has 1 unspecified atom stereocenters. The number of nitrogens with zero attached hydrogens (tertiary/aromatic N) is 1. The minimum absolute atomic E-state index is 0.189. The zero-order valence-corrected chi connectivity index (χ0v) is 15.7. The van der Waals surface area contributed by atoms with Gasteiger partial charge in [-0.2, -0.15) is 0 Å². The molecule has 0 bridgehead atoms. The lowest BCUT2D eigenvalue weighted by atomic mass is 9.87. The van der Waals surface area contributed by atoms with Crippen LogP contribution in [0, 0.1) is 11.3 Å². The predicted octanol–water partition coefficient (Wildman–Crippen LogP) is 3.02. The fourth-order valence-corrected chi connectivity index (χ4v) is 2.98. The second kappa shape index (κ2) is 8.88. The van der Waals surface area contributed by atoms with Crippen LogP contribution in [0.25, 0.3) is 0 Å². The number of likely N-dealkylation sites (tertiary alicyclic amines) is 1. The first-order chi connectivity index (χ1) is 10.6. The number of amides is 1. The zero-order chi connectivity index (χ0) is 17.5. The van der Waals surface area contributed by atoms with Crippen molar-refractivity contribution in [3.8, 4) is 0 Å². The van der Waals surface area contributed by atoms with E-state index in [0.29, 0.717) is 5.92 Å². The molecule has 136 valence electrons. The summed E-state index contributed by atoms with van der Waals surface area (Å²) in [6.07, 6.45) is 3.88. The summed E-state index contributed by atoms with van der Waals surface area (Å²) in [6, 6.07) is 0. The highest BCUT2D eigenvalue weighted by molar-refractivity contribution is 5.68. The van der Waals surface area contributed by atoms with Crippen LogP contribution in [-0.4, -0.2) is 54.5 Å². The van der Waals surface area contributed by atoms with Crippen LogP contribution in [0.2, 0.25) is 0 Å². The first-order valence-electron chi connectivity index (χ1n) is 8.92. The molecule has 1 atom stereocenters. The van der Waals surface area contributed by atoms with E-state index < -0.39 is 5.60 Å². The number of ether oxygens (including phenoxy) is 1. The van der Waals surface area contributed by atoms with Crippen LogP contribution >= 0.6 is 0 Å². The van der Waals surface area contributed by atoms with E-state index in [1.807, 2.05) is 25.7 Å². The minimum atomic E-state index is -0.432. The summed E-state index contributed by atoms with van der Waals surface area (Å²) < 4.78 is 5.47. The summed E-state index contributed by atoms with van der Waals surface area (Å²) >= 11 is 0. The third-order valence-electron chi connectivity index (χ3n) is 4.22. The fourth-order valence-electron chi connectivity index (χ4n) is 2.98. The van der Waals surface area contributed by atoms with Crippen LogP contribution in [0.15, 0.2) is 0 Å². The summed E-state index contributed by atoms with van der Waals surface area (Å²) in [6.45, 7) is 13.9. The molecule has 1 amide bonds. The Morgan fingerprint density at radius 3 is 2.61 bits per heavy atom. The molecule has 1 rings (SSSR count). The molecule has 1 saturated heterocycles. The molecule has 0 aromatic heterocycles. The predicted molar refractivity (Wildman–Crippen MR) is 93.5 cm³/mol. The second-order valence-corrected chi connectivity index (χ2v) is 8.56. The Hall–Kier alpha value is -0.810. The van der Waals surface area contributed by atoms with Crippen molar-refractivity contribution >= 4 is 6.09 Å². The summed E-state index contributed by atoms with van der Waals surface area (Å²) in [5.74, 6) is 0.491. The summed E-state index contributed by atoms with van der Waals surface area (Å²) in [5.41, 5.74) is -0.235. The highest BCUT2D eigenvalue weighted by Gasteiger charge is 2.27. The van der Waals surface area contributed by atoms with E-state index in [1.165, 1.54) is 0 Å². The molecular weight excluding hydrogens is 292 g/mol. The number of aliphatic hydroxyl groups excluding tert-OH is 1. The van der Waals surface area contributed by atoms with Crippen molar-refractivity contribution in [1.29, 1.82) is 0 Å². The third kappa shape index (κ3) is 8.56. The highest BCUT2D eigenvalue weighted by atomic mass is 16.6. The zero-order valence-electron chi connectivity index (χ0n) is 15.7. The first-order valence-corrected chi connectivity index (χ1v) is 8.92. The number of carbonyl (C=O) groups is 1. The molecule has 5 nitrogen and oxygen atoms in total. The Bertz CT molecular complexity index is 364. The standard InChI is InChI=1S/C18H36N2O3/c1-17(2,3)23-16(22)20-10-6-8-15(13-20)12-19-14-18(4,5)9-7-11-21/h15,19,21H,6-14H2,1-5H3. The lowest BCUT2D eigenvalue weighted by Gasteiger charge is -2.35. The number of hydrogen-bond acceptors (Lipinski definition) is 4. The minimum Gasteiger partial charge on any atom is -0.444 e. The molecule has 0 aromatic carbocycles. The summed E-state index contributed by atoms with van der Waals surface area (Å²) in [4.78, 5) is 14.0. The smallest absolute Gasteiger partial charge is 0.410 e. The Labute approximate surface area is 141 Å². The molecule has 1 aliphatic heterocycles. The summed E-state index contributed by atoms with van der Waals surface area (Å²) in [7, 11) is 0. The van der Waals surface area contributed by atoms with Crippen molar-refractivity contribution < 1.29 is 14.6 Å². The number of piperidine rings is 1. The van der Waals surface area contributed by atoms with Gasteiger partial charge >= 0.3 is 6.09 Å². The molecule has 0 saturated carbocycles. The van der Waals surface area contributed by atoms with Gasteiger partial charge in [0.05, 0.1) is 0 Å². The maximum atomic E-state index is 12.2. The number of rotatable bonds is 7. The molecular formula is C18H36N2O3. The van der Waals surface area contributed by atoms with Crippen LogP contribution in [0.4, 0.5) is 4.79 Å². The number of hydrogen-bond donors (Lipinski definition) is 2. The van der Waals surface area contributed by atoms with Gasteiger partial charge in [0.15, 0.2) is 0 Å². The molecule has 5 heteroatoms. The van der Waals surface area contributed by atoms with Gasteiger partial charge in [-0.25, -0.2) is 4.79 Å². The largest absolute Gasteiger partial charge is 0.444 e. The van der Waals surface area contributed by atoms with Gasteiger partial charge < -0.3 is 20.1 Å². The number of nitrogens with one attached hydrogen (secondary N) is 1. The summed E-state index contributed by atoms with van der Waals surface area (Å²) in [5, 5.41) is 12.5. The van der Waals surface area contributed by atoms with Crippen molar-refractivity contribution in [1.82, 2.24) is 10.2 Å². The monoisotopic (exact) mass is 328 g/mol. The van der Waals surface area contributed by atoms with Crippen molar-refractivity contribution in [2.75, 3.05) is 32.8 Å². The quantitative estimate of drug-likeness (QED) is 0.754. The molecule has 1 aliphatic rings. The lowest BCUT2D eigenvalue weighted by molar-refractivity contribution is 0.0165. The molecule has 2 N–H and O–H groups in total. The normalized spacial score (nSPS) is 19.7. The maximum Gasteiger partial charge on any atom is 0.410 e. The van der Waals surface area contributed by atoms with E-state index in [9.17, 15) is 4.79 Å². The van der Waals surface area contributed by atoms with Crippen molar-refractivity contribution in [3.05, 3.63) is 0 Å². The second-order valence-electron chi connectivity index (χ2n) is 8.56. The van der Waals surface area contributed by atoms with Gasteiger partial charge in [0.2, 0.25) is 0 Å². The van der Waals surface area contributed by atoms with Crippen LogP contribution in [0.3, 0.4) is 0 Å². The van der Waals surface area contributed by atoms with E-state index in [-0.39, 0.29) is 18.1 Å². The average molecular weight is 328 g/mol. The average Bonchev–Trinajstić information content (AvgIpc) is 2.43. The van der Waals surface area contributed by atoms with Crippen molar-refractivity contribution in [2.24, 2.45) is 11.3 Å². The van der Waals surface area contributed by atoms with Gasteiger partial charge in [0, 0.05) is 26.2 Å². The Morgan fingerprint density at radius 1 is 1.30 bits per heavy atom. The van der Waals surface area contributed by atoms with Crippen molar-refractivity contribution in [2.45, 2.75) is 65.9 Å². The molecule has 23 heavy (non-hydrogen) atoms. The maximum absolute atomic E-state index is 12.2. The van der Waals surface area contributed by atoms with Crippen LogP contribution in [0.1, 0.15) is 60.3 Å². The van der Waals surface area contributed by atoms with Gasteiger partial charge in [-0.3, -0.25) is 0 Å². The van der Waals surface area contributed by atoms with Gasteiger partial charge in [0.1, 0.15) is 5.60 Å². The molecule has 0 aromatic rings. The molecule has 1 fully saturated rings.